The van der Waals surface area contributed by atoms with E-state index in [0.717, 1.165) is 16.6 Å². The summed E-state index contributed by atoms with van der Waals surface area (Å²) in [6.07, 6.45) is 44.9. The minimum absolute atomic E-state index is 0.0391. The molecule has 0 saturated carbocycles. The summed E-state index contributed by atoms with van der Waals surface area (Å²) in [6.45, 7) is 11.3. The lowest BCUT2D eigenvalue weighted by atomic mass is 10.0. The number of rotatable bonds is 39. The number of hydrogen-bond acceptors (Lipinski definition) is 2. The van der Waals surface area contributed by atoms with Gasteiger partial charge < -0.3 is 4.48 Å². The minimum atomic E-state index is -4.20. The molecule has 1 rings (SSSR count). The van der Waals surface area contributed by atoms with Gasteiger partial charge in [-0.05, 0) is 50.7 Å². The molecule has 4 nitrogen and oxygen atoms in total. The lowest BCUT2D eigenvalue weighted by Gasteiger charge is -2.39. The highest BCUT2D eigenvalue weighted by molar-refractivity contribution is 7.85. The van der Waals surface area contributed by atoms with Gasteiger partial charge >= 0.3 is 0 Å². The maximum atomic E-state index is 12.1. The van der Waals surface area contributed by atoms with E-state index in [1.807, 2.05) is 6.07 Å². The van der Waals surface area contributed by atoms with Gasteiger partial charge in [0, 0.05) is 5.56 Å². The molecule has 0 aliphatic rings. The first-order valence-corrected chi connectivity index (χ1v) is 24.2. The van der Waals surface area contributed by atoms with E-state index in [1.54, 1.807) is 6.07 Å². The molecule has 0 atom stereocenters. The van der Waals surface area contributed by atoms with Crippen LogP contribution in [-0.4, -0.2) is 37.1 Å². The van der Waals surface area contributed by atoms with Crippen LogP contribution in [0.4, 0.5) is 0 Å². The molecule has 0 aliphatic carbocycles. The SMILES string of the molecule is CCCCCCCCCCCCC[N+](CCCCCCCCCCCCC)(CCCCCCCCCCCCC)Cc1cccc(S(=O)(=O)O)c1. The van der Waals surface area contributed by atoms with Crippen molar-refractivity contribution in [1.29, 1.82) is 0 Å². The van der Waals surface area contributed by atoms with Crippen molar-refractivity contribution >= 4 is 10.1 Å². The Kier molecular flexibility index (Phi) is 31.7. The van der Waals surface area contributed by atoms with Gasteiger partial charge in [-0.15, -0.1) is 0 Å². The molecule has 300 valence electrons. The predicted octanol–water partition coefficient (Wildman–Crippen LogP) is 15.2. The Bertz CT molecular complexity index is 929. The summed E-state index contributed by atoms with van der Waals surface area (Å²) < 4.78 is 35.0. The summed E-state index contributed by atoms with van der Waals surface area (Å²) >= 11 is 0. The highest BCUT2D eigenvalue weighted by Gasteiger charge is 2.27. The molecule has 0 radical (unpaired) electrons. The third-order valence-electron chi connectivity index (χ3n) is 11.4. The van der Waals surface area contributed by atoms with Crippen LogP contribution in [0.15, 0.2) is 29.2 Å². The monoisotopic (exact) mass is 735 g/mol. The lowest BCUT2D eigenvalue weighted by molar-refractivity contribution is -0.941. The summed E-state index contributed by atoms with van der Waals surface area (Å²) in [6, 6.07) is 7.18. The van der Waals surface area contributed by atoms with Crippen LogP contribution in [0.3, 0.4) is 0 Å². The molecule has 0 aliphatic heterocycles. The van der Waals surface area contributed by atoms with Gasteiger partial charge in [0.25, 0.3) is 10.1 Å². The minimum Gasteiger partial charge on any atom is -0.320 e. The Morgan fingerprint density at radius 2 is 0.706 bits per heavy atom. The van der Waals surface area contributed by atoms with Crippen LogP contribution in [0.2, 0.25) is 0 Å². The highest BCUT2D eigenvalue weighted by Crippen LogP contribution is 2.24. The molecular formula is C46H88NO3S+. The van der Waals surface area contributed by atoms with Crippen LogP contribution in [0.25, 0.3) is 0 Å². The Labute approximate surface area is 320 Å². The Morgan fingerprint density at radius 1 is 0.431 bits per heavy atom. The first-order chi connectivity index (χ1) is 24.9. The third kappa shape index (κ3) is 28.2. The number of quaternary nitrogens is 1. The van der Waals surface area contributed by atoms with Gasteiger partial charge in [-0.2, -0.15) is 8.42 Å². The first-order valence-electron chi connectivity index (χ1n) is 22.8. The zero-order valence-electron chi connectivity index (χ0n) is 34.6. The number of unbranched alkanes of at least 4 members (excludes halogenated alkanes) is 30. The second-order valence-corrected chi connectivity index (χ2v) is 17.8. The average molecular weight is 735 g/mol. The molecular weight excluding hydrogens is 647 g/mol. The molecule has 0 spiro atoms. The molecule has 0 bridgehead atoms. The fourth-order valence-electron chi connectivity index (χ4n) is 8.10. The maximum absolute atomic E-state index is 12.1. The molecule has 1 aromatic carbocycles. The normalized spacial score (nSPS) is 12.2. The number of benzene rings is 1. The van der Waals surface area contributed by atoms with Crippen molar-refractivity contribution in [1.82, 2.24) is 0 Å². The second-order valence-electron chi connectivity index (χ2n) is 16.4. The molecule has 0 unspecified atom stereocenters. The summed E-state index contributed by atoms with van der Waals surface area (Å²) in [5.41, 5.74) is 1.05. The first kappa shape index (κ1) is 48.1. The van der Waals surface area contributed by atoms with Gasteiger partial charge in [0.15, 0.2) is 0 Å². The molecule has 51 heavy (non-hydrogen) atoms. The molecule has 1 N–H and O–H groups in total. The quantitative estimate of drug-likeness (QED) is 0.0416. The van der Waals surface area contributed by atoms with E-state index in [1.165, 1.54) is 238 Å². The lowest BCUT2D eigenvalue weighted by Crippen LogP contribution is -2.49. The Morgan fingerprint density at radius 3 is 0.980 bits per heavy atom. The van der Waals surface area contributed by atoms with Crippen LogP contribution in [-0.2, 0) is 16.7 Å². The third-order valence-corrected chi connectivity index (χ3v) is 12.3. The van der Waals surface area contributed by atoms with E-state index >= 15 is 0 Å². The number of hydrogen-bond donors (Lipinski definition) is 1. The Hall–Kier alpha value is -0.910. The van der Waals surface area contributed by atoms with Crippen molar-refractivity contribution in [2.45, 2.75) is 244 Å². The van der Waals surface area contributed by atoms with E-state index in [9.17, 15) is 13.0 Å². The maximum Gasteiger partial charge on any atom is 0.294 e. The van der Waals surface area contributed by atoms with Crippen LogP contribution >= 0.6 is 0 Å². The van der Waals surface area contributed by atoms with Crippen LogP contribution in [0.1, 0.15) is 238 Å². The molecule has 0 amide bonds. The number of nitrogens with zero attached hydrogens (tertiary/aromatic N) is 1. The second kappa shape index (κ2) is 33.6. The van der Waals surface area contributed by atoms with E-state index in [4.69, 9.17) is 0 Å². The average Bonchev–Trinajstić information content (AvgIpc) is 3.11. The zero-order valence-corrected chi connectivity index (χ0v) is 35.4. The fourth-order valence-corrected chi connectivity index (χ4v) is 8.65. The topological polar surface area (TPSA) is 54.4 Å². The molecule has 0 fully saturated rings. The molecule has 5 heteroatoms. The smallest absolute Gasteiger partial charge is 0.294 e. The van der Waals surface area contributed by atoms with Crippen molar-refractivity contribution < 1.29 is 17.5 Å². The largest absolute Gasteiger partial charge is 0.320 e. The van der Waals surface area contributed by atoms with Crippen molar-refractivity contribution in [2.24, 2.45) is 0 Å². The van der Waals surface area contributed by atoms with E-state index < -0.39 is 10.1 Å². The van der Waals surface area contributed by atoms with Crippen LogP contribution < -0.4 is 0 Å². The van der Waals surface area contributed by atoms with Crippen molar-refractivity contribution in [3.8, 4) is 0 Å². The zero-order chi connectivity index (χ0) is 37.1. The van der Waals surface area contributed by atoms with Gasteiger partial charge in [0.2, 0.25) is 0 Å². The standard InChI is InChI=1S/C46H87NO3S/c1-4-7-10-13-16-19-22-25-28-31-34-40-47(44-45-38-37-39-46(43-45)51(48,49)50,41-35-32-29-26-23-20-17-14-11-8-5-2)42-36-33-30-27-24-21-18-15-12-9-6-3/h37-39,43H,4-36,40-42,44H2,1-3H3/p+1. The van der Waals surface area contributed by atoms with Gasteiger partial charge in [0.05, 0.1) is 24.5 Å². The van der Waals surface area contributed by atoms with Crippen LogP contribution in [0.5, 0.6) is 0 Å². The Balaban J connectivity index is 2.78. The summed E-state index contributed by atoms with van der Waals surface area (Å²) in [7, 11) is -4.20. The van der Waals surface area contributed by atoms with Crippen molar-refractivity contribution in [2.75, 3.05) is 19.6 Å². The fraction of sp³-hybridized carbons (Fsp3) is 0.870. The summed E-state index contributed by atoms with van der Waals surface area (Å²) in [4.78, 5) is 0.0391. The molecule has 0 aromatic heterocycles. The van der Waals surface area contributed by atoms with E-state index in [0.29, 0.717) is 0 Å². The van der Waals surface area contributed by atoms with Gasteiger partial charge in [-0.25, -0.2) is 0 Å². The summed E-state index contributed by atoms with van der Waals surface area (Å²) in [5, 5.41) is 0. The van der Waals surface area contributed by atoms with Gasteiger partial charge in [-0.1, -0.05) is 206 Å². The van der Waals surface area contributed by atoms with Crippen LogP contribution in [0, 0.1) is 0 Å². The molecule has 0 heterocycles. The van der Waals surface area contributed by atoms with E-state index in [2.05, 4.69) is 26.8 Å². The van der Waals surface area contributed by atoms with Gasteiger partial charge in [0.1, 0.15) is 6.54 Å². The van der Waals surface area contributed by atoms with Crippen molar-refractivity contribution in [3.05, 3.63) is 29.8 Å². The van der Waals surface area contributed by atoms with Gasteiger partial charge in [-0.3, -0.25) is 4.55 Å². The molecule has 0 saturated heterocycles. The molecule has 1 aromatic rings. The highest BCUT2D eigenvalue weighted by atomic mass is 32.2. The predicted molar refractivity (Wildman–Crippen MR) is 224 cm³/mol. The van der Waals surface area contributed by atoms with Crippen molar-refractivity contribution in [3.63, 3.8) is 0 Å². The van der Waals surface area contributed by atoms with E-state index in [-0.39, 0.29) is 4.90 Å². The summed E-state index contributed by atoms with van der Waals surface area (Å²) in [5.74, 6) is 0.